The SMILES string of the molecule is O=C(O)CC1(CNC(=O)NCC2CCCC(CNC(=O)NCC3(CC(=O)O)CCCCC3)C2)CCCCC1. The highest BCUT2D eigenvalue weighted by atomic mass is 16.4. The van der Waals surface area contributed by atoms with Crippen molar-refractivity contribution in [3.63, 3.8) is 0 Å². The monoisotopic (exact) mass is 536 g/mol. The number of rotatable bonds is 12. The molecule has 2 atom stereocenters. The van der Waals surface area contributed by atoms with Crippen LogP contribution in [0, 0.1) is 22.7 Å². The summed E-state index contributed by atoms with van der Waals surface area (Å²) in [7, 11) is 0. The van der Waals surface area contributed by atoms with Gasteiger partial charge in [-0.3, -0.25) is 9.59 Å². The van der Waals surface area contributed by atoms with Gasteiger partial charge in [-0.05, 0) is 67.6 Å². The van der Waals surface area contributed by atoms with Crippen LogP contribution in [0.4, 0.5) is 9.59 Å². The molecule has 0 aromatic heterocycles. The molecule has 4 amide bonds. The number of carboxylic acid groups (broad SMARTS) is 2. The molecule has 2 unspecified atom stereocenters. The first-order chi connectivity index (χ1) is 18.2. The van der Waals surface area contributed by atoms with Crippen LogP contribution in [0.25, 0.3) is 0 Å². The average Bonchev–Trinajstić information content (AvgIpc) is 2.89. The Bertz CT molecular complexity index is 743. The number of hydrogen-bond acceptors (Lipinski definition) is 4. The summed E-state index contributed by atoms with van der Waals surface area (Å²) >= 11 is 0. The zero-order chi connectivity index (χ0) is 27.4. The van der Waals surface area contributed by atoms with Gasteiger partial charge in [0.15, 0.2) is 0 Å². The van der Waals surface area contributed by atoms with Gasteiger partial charge in [0.05, 0.1) is 12.8 Å². The minimum atomic E-state index is -0.807. The molecule has 0 aliphatic heterocycles. The van der Waals surface area contributed by atoms with Crippen molar-refractivity contribution in [3.05, 3.63) is 0 Å². The molecule has 0 aromatic carbocycles. The fraction of sp³-hybridized carbons (Fsp3) is 0.857. The maximum Gasteiger partial charge on any atom is 0.314 e. The highest BCUT2D eigenvalue weighted by Gasteiger charge is 2.36. The lowest BCUT2D eigenvalue weighted by Crippen LogP contribution is -2.46. The molecule has 3 aliphatic carbocycles. The summed E-state index contributed by atoms with van der Waals surface area (Å²) < 4.78 is 0. The molecule has 3 aliphatic rings. The molecule has 10 nitrogen and oxygen atoms in total. The molecule has 0 saturated heterocycles. The first kappa shape index (κ1) is 30.0. The normalized spacial score (nSPS) is 24.5. The molecule has 3 saturated carbocycles. The lowest BCUT2D eigenvalue weighted by Gasteiger charge is -2.36. The van der Waals surface area contributed by atoms with E-state index in [0.717, 1.165) is 89.9 Å². The highest BCUT2D eigenvalue weighted by Crippen LogP contribution is 2.39. The summed E-state index contributed by atoms with van der Waals surface area (Å²) in [6.07, 6.45) is 13.9. The van der Waals surface area contributed by atoms with E-state index in [4.69, 9.17) is 0 Å². The zero-order valence-corrected chi connectivity index (χ0v) is 22.8. The van der Waals surface area contributed by atoms with Crippen molar-refractivity contribution >= 4 is 24.0 Å². The molecule has 0 radical (unpaired) electrons. The van der Waals surface area contributed by atoms with Crippen LogP contribution in [0.15, 0.2) is 0 Å². The Morgan fingerprint density at radius 1 is 0.579 bits per heavy atom. The highest BCUT2D eigenvalue weighted by molar-refractivity contribution is 5.74. The number of aliphatic carboxylic acids is 2. The van der Waals surface area contributed by atoms with Gasteiger partial charge in [0, 0.05) is 26.2 Å². The number of carbonyl (C=O) groups is 4. The number of amides is 4. The van der Waals surface area contributed by atoms with Crippen LogP contribution in [0.5, 0.6) is 0 Å². The molecule has 0 spiro atoms. The fourth-order valence-corrected chi connectivity index (χ4v) is 6.98. The summed E-state index contributed by atoms with van der Waals surface area (Å²) in [6, 6.07) is -0.476. The molecule has 6 N–H and O–H groups in total. The van der Waals surface area contributed by atoms with E-state index >= 15 is 0 Å². The first-order valence-electron chi connectivity index (χ1n) is 14.7. The molecule has 10 heteroatoms. The largest absolute Gasteiger partial charge is 0.481 e. The van der Waals surface area contributed by atoms with Gasteiger partial charge in [-0.15, -0.1) is 0 Å². The van der Waals surface area contributed by atoms with E-state index in [-0.39, 0.29) is 35.7 Å². The molecule has 3 fully saturated rings. The van der Waals surface area contributed by atoms with Gasteiger partial charge in [0.2, 0.25) is 0 Å². The average molecular weight is 537 g/mol. The second-order valence-electron chi connectivity index (χ2n) is 12.3. The summed E-state index contributed by atoms with van der Waals surface area (Å²) in [5.74, 6) is -0.932. The Hall–Kier alpha value is -2.52. The predicted molar refractivity (Wildman–Crippen MR) is 144 cm³/mol. The van der Waals surface area contributed by atoms with Crippen molar-refractivity contribution < 1.29 is 29.4 Å². The van der Waals surface area contributed by atoms with Crippen LogP contribution < -0.4 is 21.3 Å². The summed E-state index contributed by atoms with van der Waals surface area (Å²) in [5, 5.41) is 30.5. The van der Waals surface area contributed by atoms with Crippen LogP contribution in [0.3, 0.4) is 0 Å². The molecular weight excluding hydrogens is 488 g/mol. The number of nitrogens with one attached hydrogen (secondary N) is 4. The number of urea groups is 2. The lowest BCUT2D eigenvalue weighted by atomic mass is 9.72. The minimum Gasteiger partial charge on any atom is -0.481 e. The van der Waals surface area contributed by atoms with Gasteiger partial charge in [0.25, 0.3) is 0 Å². The van der Waals surface area contributed by atoms with Crippen molar-refractivity contribution in [2.45, 2.75) is 103 Å². The Morgan fingerprint density at radius 2 is 0.974 bits per heavy atom. The Kier molecular flexibility index (Phi) is 11.5. The zero-order valence-electron chi connectivity index (χ0n) is 22.8. The molecular formula is C28H48N4O6. The van der Waals surface area contributed by atoms with Crippen LogP contribution in [0.2, 0.25) is 0 Å². The molecule has 38 heavy (non-hydrogen) atoms. The topological polar surface area (TPSA) is 157 Å². The standard InChI is InChI=1S/C28H48N4O6/c33-23(34)15-27(10-3-1-4-11-27)19-31-25(37)29-17-21-8-7-9-22(14-21)18-30-26(38)32-20-28(16-24(35)36)12-5-2-6-13-28/h21-22H,1-20H2,(H,33,34)(H,35,36)(H2,29,31,37)(H2,30,32,38). The maximum atomic E-state index is 12.5. The van der Waals surface area contributed by atoms with Gasteiger partial charge in [-0.2, -0.15) is 0 Å². The Balaban J connectivity index is 1.35. The molecule has 0 heterocycles. The van der Waals surface area contributed by atoms with E-state index in [2.05, 4.69) is 21.3 Å². The summed E-state index contributed by atoms with van der Waals surface area (Å²) in [4.78, 5) is 47.7. The van der Waals surface area contributed by atoms with E-state index in [1.54, 1.807) is 0 Å². The van der Waals surface area contributed by atoms with Gasteiger partial charge < -0.3 is 31.5 Å². The van der Waals surface area contributed by atoms with Gasteiger partial charge in [-0.1, -0.05) is 44.9 Å². The molecule has 0 bridgehead atoms. The van der Waals surface area contributed by atoms with E-state index in [9.17, 15) is 29.4 Å². The predicted octanol–water partition coefficient (Wildman–Crippen LogP) is 4.24. The van der Waals surface area contributed by atoms with E-state index in [1.807, 2.05) is 0 Å². The second-order valence-corrected chi connectivity index (χ2v) is 12.3. The summed E-state index contributed by atoms with van der Waals surface area (Å²) in [5.41, 5.74) is -0.679. The van der Waals surface area contributed by atoms with Crippen molar-refractivity contribution in [3.8, 4) is 0 Å². The van der Waals surface area contributed by atoms with Crippen molar-refractivity contribution in [2.75, 3.05) is 26.2 Å². The third-order valence-electron chi connectivity index (χ3n) is 9.12. The summed E-state index contributed by atoms with van der Waals surface area (Å²) in [6.45, 7) is 1.92. The third kappa shape index (κ3) is 9.98. The maximum absolute atomic E-state index is 12.5. The van der Waals surface area contributed by atoms with Crippen LogP contribution in [-0.4, -0.2) is 60.4 Å². The number of carbonyl (C=O) groups excluding carboxylic acids is 2. The van der Waals surface area contributed by atoms with Gasteiger partial charge in [-0.25, -0.2) is 9.59 Å². The third-order valence-corrected chi connectivity index (χ3v) is 9.12. The quantitative estimate of drug-likeness (QED) is 0.219. The fourth-order valence-electron chi connectivity index (χ4n) is 6.98. The van der Waals surface area contributed by atoms with Crippen LogP contribution in [0.1, 0.15) is 103 Å². The van der Waals surface area contributed by atoms with Crippen molar-refractivity contribution in [1.82, 2.24) is 21.3 Å². The molecule has 0 aromatic rings. The molecule has 3 rings (SSSR count). The first-order valence-corrected chi connectivity index (χ1v) is 14.7. The number of hydrogen-bond donors (Lipinski definition) is 6. The molecule has 216 valence electrons. The minimum absolute atomic E-state index is 0.0959. The van der Waals surface area contributed by atoms with Crippen molar-refractivity contribution in [2.24, 2.45) is 22.7 Å². The van der Waals surface area contributed by atoms with Gasteiger partial charge in [0.1, 0.15) is 0 Å². The van der Waals surface area contributed by atoms with Crippen LogP contribution in [-0.2, 0) is 9.59 Å². The second kappa shape index (κ2) is 14.6. The van der Waals surface area contributed by atoms with Crippen molar-refractivity contribution in [1.29, 1.82) is 0 Å². The Labute approximate surface area is 226 Å². The van der Waals surface area contributed by atoms with Gasteiger partial charge >= 0.3 is 24.0 Å². The van der Waals surface area contributed by atoms with Crippen LogP contribution >= 0.6 is 0 Å². The van der Waals surface area contributed by atoms with E-state index in [1.165, 1.54) is 0 Å². The van der Waals surface area contributed by atoms with E-state index < -0.39 is 11.9 Å². The van der Waals surface area contributed by atoms with E-state index in [0.29, 0.717) is 38.0 Å². The number of carboxylic acids is 2. The smallest absolute Gasteiger partial charge is 0.314 e. The Morgan fingerprint density at radius 3 is 1.34 bits per heavy atom. The lowest BCUT2D eigenvalue weighted by molar-refractivity contribution is -0.141.